The Bertz CT molecular complexity index is 1490. The molecule has 6 rings (SSSR count). The van der Waals surface area contributed by atoms with Crippen molar-refractivity contribution in [3.63, 3.8) is 0 Å². The van der Waals surface area contributed by atoms with E-state index in [2.05, 4.69) is 23.3 Å². The number of likely N-dealkylation sites (N-methyl/N-ethyl adjacent to an activating group) is 1. The molecule has 2 aliphatic heterocycles. The average Bonchev–Trinajstić information content (AvgIpc) is 3.27. The first-order chi connectivity index (χ1) is 19.1. The first-order valence-corrected chi connectivity index (χ1v) is 14.1. The minimum absolute atomic E-state index is 0.0660. The number of ether oxygens (including phenoxy) is 2. The molecular weight excluding hydrogens is 504 g/mol. The van der Waals surface area contributed by atoms with Crippen LogP contribution in [0.4, 0.5) is 0 Å². The van der Waals surface area contributed by atoms with E-state index in [1.165, 1.54) is 12.5 Å². The predicted molar refractivity (Wildman–Crippen MR) is 151 cm³/mol. The van der Waals surface area contributed by atoms with E-state index in [1.807, 2.05) is 44.2 Å². The highest BCUT2D eigenvalue weighted by atomic mass is 16.6. The number of phenols is 1. The number of likely N-dealkylation sites (tertiary alicyclic amines) is 1. The van der Waals surface area contributed by atoms with Gasteiger partial charge < -0.3 is 19.5 Å². The number of piperidine rings is 1. The summed E-state index contributed by atoms with van der Waals surface area (Å²) in [6.45, 7) is 11.0. The Morgan fingerprint density at radius 3 is 2.77 bits per heavy atom. The second kappa shape index (κ2) is 9.42. The van der Waals surface area contributed by atoms with Gasteiger partial charge in [0.2, 0.25) is 0 Å². The fourth-order valence-corrected chi connectivity index (χ4v) is 8.00. The molecule has 1 saturated carbocycles. The molecule has 2 aromatic rings. The zero-order valence-corrected chi connectivity index (χ0v) is 23.6. The zero-order valence-electron chi connectivity index (χ0n) is 23.6. The van der Waals surface area contributed by atoms with Crippen molar-refractivity contribution in [2.75, 3.05) is 20.1 Å². The molecule has 2 aromatic carbocycles. The first-order valence-electron chi connectivity index (χ1n) is 14.1. The summed E-state index contributed by atoms with van der Waals surface area (Å²) in [4.78, 5) is 30.2. The van der Waals surface area contributed by atoms with Gasteiger partial charge in [-0.05, 0) is 74.4 Å². The highest BCUT2D eigenvalue weighted by molar-refractivity contribution is 5.94. The van der Waals surface area contributed by atoms with Crippen molar-refractivity contribution < 1.29 is 24.2 Å². The van der Waals surface area contributed by atoms with Gasteiger partial charge in [0, 0.05) is 44.1 Å². The molecule has 0 unspecified atom stereocenters. The molecule has 2 heterocycles. The SMILES string of the molecule is C=CCN1CC[C@]23c4c5ccc(O)c4O[C@H]2[C@@H](N(C)C(=O)C#Cc2ccc(C)c(C)c2)CC[C@@]3(OC(C)=O)[C@H]1C5. The number of benzene rings is 2. The Balaban J connectivity index is 1.43. The van der Waals surface area contributed by atoms with Gasteiger partial charge in [0.05, 0.1) is 17.5 Å². The number of nitrogens with zero attached hydrogens (tertiary/aromatic N) is 2. The molecule has 1 spiro atoms. The Hall–Kier alpha value is -3.76. The van der Waals surface area contributed by atoms with E-state index in [1.54, 1.807) is 18.0 Å². The Labute approximate surface area is 235 Å². The quantitative estimate of drug-likeness (QED) is 0.361. The summed E-state index contributed by atoms with van der Waals surface area (Å²) in [7, 11) is 1.78. The normalized spacial score (nSPS) is 29.4. The number of hydrogen-bond donors (Lipinski definition) is 1. The summed E-state index contributed by atoms with van der Waals surface area (Å²) in [5.41, 5.74) is 3.61. The predicted octanol–water partition coefficient (Wildman–Crippen LogP) is 3.80. The lowest BCUT2D eigenvalue weighted by Crippen LogP contribution is -2.79. The number of esters is 1. The van der Waals surface area contributed by atoms with Crippen LogP contribution in [0.1, 0.15) is 54.0 Å². The summed E-state index contributed by atoms with van der Waals surface area (Å²) >= 11 is 0. The van der Waals surface area contributed by atoms with Crippen molar-refractivity contribution in [1.29, 1.82) is 0 Å². The highest BCUT2D eigenvalue weighted by Crippen LogP contribution is 2.67. The lowest BCUT2D eigenvalue weighted by molar-refractivity contribution is -0.222. The number of rotatable bonds is 4. The van der Waals surface area contributed by atoms with Crippen molar-refractivity contribution in [2.45, 2.75) is 75.7 Å². The van der Waals surface area contributed by atoms with Gasteiger partial charge in [-0.2, -0.15) is 0 Å². The van der Waals surface area contributed by atoms with Crippen molar-refractivity contribution in [3.8, 4) is 23.3 Å². The van der Waals surface area contributed by atoms with Gasteiger partial charge in [-0.3, -0.25) is 14.5 Å². The largest absolute Gasteiger partial charge is 0.504 e. The van der Waals surface area contributed by atoms with E-state index < -0.39 is 17.1 Å². The van der Waals surface area contributed by atoms with Crippen LogP contribution >= 0.6 is 0 Å². The number of aromatic hydroxyl groups is 1. The molecule has 4 aliphatic rings. The van der Waals surface area contributed by atoms with Crippen LogP contribution in [0.25, 0.3) is 0 Å². The van der Waals surface area contributed by atoms with Crippen LogP contribution in [0.5, 0.6) is 11.5 Å². The second-order valence-electron chi connectivity index (χ2n) is 11.8. The smallest absolute Gasteiger partial charge is 0.303 e. The molecule has 7 heteroatoms. The van der Waals surface area contributed by atoms with Crippen LogP contribution < -0.4 is 4.74 Å². The molecule has 40 heavy (non-hydrogen) atoms. The van der Waals surface area contributed by atoms with E-state index in [4.69, 9.17) is 9.47 Å². The highest BCUT2D eigenvalue weighted by Gasteiger charge is 2.75. The van der Waals surface area contributed by atoms with Gasteiger partial charge >= 0.3 is 5.97 Å². The molecule has 5 atom stereocenters. The maximum absolute atomic E-state index is 13.5. The van der Waals surface area contributed by atoms with Gasteiger partial charge in [0.25, 0.3) is 5.91 Å². The molecule has 0 aromatic heterocycles. The standard InChI is InChI=1S/C33H36N2O5/c1-6-16-35-17-15-32-29-24-10-11-26(37)30(29)39-31(32)25(13-14-33(32,27(35)19-24)40-22(4)36)34(5)28(38)12-9-23-8-7-20(2)21(3)18-23/h6-8,10-11,18,25,27,31,37H,1,13-17,19H2,2-5H3/t25-,27+,31-,32-,33+/m0/s1. The van der Waals surface area contributed by atoms with E-state index in [0.29, 0.717) is 38.0 Å². The number of phenolic OH excluding ortho intramolecular Hbond substituents is 1. The second-order valence-corrected chi connectivity index (χ2v) is 11.8. The Morgan fingerprint density at radius 1 is 1.25 bits per heavy atom. The molecule has 2 aliphatic carbocycles. The van der Waals surface area contributed by atoms with Crippen LogP contribution in [-0.2, 0) is 26.2 Å². The number of aryl methyl sites for hydroxylation is 2. The average molecular weight is 541 g/mol. The maximum atomic E-state index is 13.5. The van der Waals surface area contributed by atoms with E-state index >= 15 is 0 Å². The summed E-state index contributed by atoms with van der Waals surface area (Å²) < 4.78 is 13.1. The summed E-state index contributed by atoms with van der Waals surface area (Å²) in [6, 6.07) is 9.20. The van der Waals surface area contributed by atoms with Crippen LogP contribution in [-0.4, -0.2) is 70.7 Å². The van der Waals surface area contributed by atoms with Crippen LogP contribution in [0.3, 0.4) is 0 Å². The number of hydrogen-bond acceptors (Lipinski definition) is 6. The molecule has 1 saturated heterocycles. The third kappa shape index (κ3) is 3.62. The molecule has 1 amide bonds. The third-order valence-corrected chi connectivity index (χ3v) is 9.83. The summed E-state index contributed by atoms with van der Waals surface area (Å²) in [5.74, 6) is 5.79. The van der Waals surface area contributed by atoms with Crippen molar-refractivity contribution >= 4 is 11.9 Å². The van der Waals surface area contributed by atoms with E-state index in [-0.39, 0.29) is 29.7 Å². The first kappa shape index (κ1) is 26.5. The third-order valence-electron chi connectivity index (χ3n) is 9.83. The molecular formula is C33H36N2O5. The van der Waals surface area contributed by atoms with Gasteiger partial charge in [-0.15, -0.1) is 6.58 Å². The monoisotopic (exact) mass is 540 g/mol. The van der Waals surface area contributed by atoms with Crippen LogP contribution in [0, 0.1) is 25.7 Å². The number of carbonyl (C=O) groups excluding carboxylic acids is 2. The number of carbonyl (C=O) groups is 2. The van der Waals surface area contributed by atoms with Crippen LogP contribution in [0.2, 0.25) is 0 Å². The van der Waals surface area contributed by atoms with Gasteiger partial charge in [-0.25, -0.2) is 0 Å². The minimum Gasteiger partial charge on any atom is -0.504 e. The number of amides is 1. The fourth-order valence-electron chi connectivity index (χ4n) is 8.00. The molecule has 2 bridgehead atoms. The lowest BCUT2D eigenvalue weighted by atomic mass is 9.48. The van der Waals surface area contributed by atoms with Gasteiger partial charge in [-0.1, -0.05) is 24.1 Å². The van der Waals surface area contributed by atoms with Crippen molar-refractivity contribution in [3.05, 3.63) is 70.8 Å². The molecule has 1 N–H and O–H groups in total. The molecule has 7 nitrogen and oxygen atoms in total. The van der Waals surface area contributed by atoms with Gasteiger partial charge in [0.1, 0.15) is 11.7 Å². The Morgan fingerprint density at radius 2 is 2.05 bits per heavy atom. The van der Waals surface area contributed by atoms with E-state index in [0.717, 1.165) is 28.8 Å². The molecule has 208 valence electrons. The van der Waals surface area contributed by atoms with Gasteiger partial charge in [0.15, 0.2) is 11.5 Å². The fraction of sp³-hybridized carbons (Fsp3) is 0.455. The zero-order chi connectivity index (χ0) is 28.4. The topological polar surface area (TPSA) is 79.3 Å². The lowest BCUT2D eigenvalue weighted by Gasteiger charge is -2.65. The maximum Gasteiger partial charge on any atom is 0.303 e. The Kier molecular flexibility index (Phi) is 6.23. The van der Waals surface area contributed by atoms with Crippen molar-refractivity contribution in [1.82, 2.24) is 9.80 Å². The van der Waals surface area contributed by atoms with Crippen LogP contribution in [0.15, 0.2) is 43.0 Å². The molecule has 0 radical (unpaired) electrons. The molecule has 2 fully saturated rings. The summed E-state index contributed by atoms with van der Waals surface area (Å²) in [5, 5.41) is 10.9. The van der Waals surface area contributed by atoms with E-state index in [9.17, 15) is 14.7 Å². The van der Waals surface area contributed by atoms with Crippen molar-refractivity contribution in [2.24, 2.45) is 0 Å². The summed E-state index contributed by atoms with van der Waals surface area (Å²) in [6.07, 6.45) is 3.91. The minimum atomic E-state index is -0.845.